The quantitative estimate of drug-likeness (QED) is 0.633. The van der Waals surface area contributed by atoms with Gasteiger partial charge in [-0.05, 0) is 24.8 Å². The first-order valence-corrected chi connectivity index (χ1v) is 6.75. The van der Waals surface area contributed by atoms with Crippen LogP contribution >= 0.6 is 0 Å². The molecule has 1 amide bonds. The first-order valence-electron chi connectivity index (χ1n) is 6.75. The summed E-state index contributed by atoms with van der Waals surface area (Å²) in [6.07, 6.45) is 0.464. The first kappa shape index (κ1) is 15.9. The Kier molecular flexibility index (Phi) is 5.75. The van der Waals surface area contributed by atoms with Crippen molar-refractivity contribution in [1.82, 2.24) is 4.90 Å². The van der Waals surface area contributed by atoms with Gasteiger partial charge < -0.3 is 20.8 Å². The topological polar surface area (TPSA) is 104 Å². The third-order valence-electron chi connectivity index (χ3n) is 3.49. The lowest BCUT2D eigenvalue weighted by atomic mass is 9.93. The molecule has 0 aromatic carbocycles. The van der Waals surface area contributed by atoms with Gasteiger partial charge in [-0.25, -0.2) is 4.79 Å². The second-order valence-electron chi connectivity index (χ2n) is 5.73. The minimum atomic E-state index is -1.06. The van der Waals surface area contributed by atoms with Gasteiger partial charge in [0.15, 0.2) is 0 Å². The van der Waals surface area contributed by atoms with Crippen molar-refractivity contribution in [2.75, 3.05) is 13.1 Å². The Morgan fingerprint density at radius 2 is 2.05 bits per heavy atom. The Morgan fingerprint density at radius 3 is 2.53 bits per heavy atom. The smallest absolute Gasteiger partial charge is 0.326 e. The Hall–Kier alpha value is -1.14. The molecule has 1 unspecified atom stereocenters. The summed E-state index contributed by atoms with van der Waals surface area (Å²) in [5.74, 6) is -0.765. The number of nitrogens with two attached hydrogens (primary N) is 1. The van der Waals surface area contributed by atoms with Crippen LogP contribution in [-0.4, -0.2) is 52.2 Å². The van der Waals surface area contributed by atoms with E-state index >= 15 is 0 Å². The number of carboxylic acids is 1. The number of β-amino-alcohol motifs (C(OH)–C–C–N with tert-alkyl or cyclic N) is 1. The zero-order valence-corrected chi connectivity index (χ0v) is 11.6. The summed E-state index contributed by atoms with van der Waals surface area (Å²) in [6.45, 7) is 4.65. The maximum Gasteiger partial charge on any atom is 0.326 e. The summed E-state index contributed by atoms with van der Waals surface area (Å²) >= 11 is 0. The molecule has 1 fully saturated rings. The Balaban J connectivity index is 2.63. The highest BCUT2D eigenvalue weighted by Crippen LogP contribution is 2.22. The van der Waals surface area contributed by atoms with Gasteiger partial charge in [0.2, 0.25) is 5.91 Å². The molecular weight excluding hydrogens is 248 g/mol. The normalized spacial score (nSPS) is 24.8. The molecule has 1 rings (SSSR count). The van der Waals surface area contributed by atoms with E-state index in [-0.39, 0.29) is 31.2 Å². The molecule has 4 N–H and O–H groups in total. The van der Waals surface area contributed by atoms with Crippen LogP contribution in [-0.2, 0) is 9.59 Å². The molecule has 6 nitrogen and oxygen atoms in total. The largest absolute Gasteiger partial charge is 0.480 e. The molecule has 0 spiro atoms. The van der Waals surface area contributed by atoms with Crippen LogP contribution in [0, 0.1) is 11.8 Å². The van der Waals surface area contributed by atoms with E-state index in [1.165, 1.54) is 4.90 Å². The van der Waals surface area contributed by atoms with Crippen molar-refractivity contribution in [3.63, 3.8) is 0 Å². The van der Waals surface area contributed by atoms with Crippen molar-refractivity contribution in [3.05, 3.63) is 0 Å². The maximum absolute atomic E-state index is 12.2. The molecule has 1 saturated heterocycles. The number of rotatable bonds is 6. The number of nitrogens with zero attached hydrogens (tertiary/aromatic N) is 1. The van der Waals surface area contributed by atoms with Crippen LogP contribution in [0.25, 0.3) is 0 Å². The van der Waals surface area contributed by atoms with E-state index in [4.69, 9.17) is 10.8 Å². The summed E-state index contributed by atoms with van der Waals surface area (Å²) in [6, 6.07) is -0.903. The van der Waals surface area contributed by atoms with E-state index in [2.05, 4.69) is 13.8 Å². The maximum atomic E-state index is 12.2. The number of aliphatic carboxylic acids is 1. The van der Waals surface area contributed by atoms with Crippen molar-refractivity contribution in [2.45, 2.75) is 45.3 Å². The van der Waals surface area contributed by atoms with Crippen LogP contribution in [0.2, 0.25) is 0 Å². The second kappa shape index (κ2) is 6.86. The van der Waals surface area contributed by atoms with Gasteiger partial charge in [-0.3, -0.25) is 4.79 Å². The number of aliphatic hydroxyl groups is 1. The highest BCUT2D eigenvalue weighted by molar-refractivity contribution is 5.84. The number of hydrogen-bond acceptors (Lipinski definition) is 4. The molecule has 0 aromatic rings. The molecule has 1 aliphatic heterocycles. The van der Waals surface area contributed by atoms with Gasteiger partial charge in [0.05, 0.1) is 6.10 Å². The minimum absolute atomic E-state index is 0.0692. The number of amides is 1. The summed E-state index contributed by atoms with van der Waals surface area (Å²) in [7, 11) is 0. The molecule has 6 heteroatoms. The first-order chi connectivity index (χ1) is 8.85. The zero-order chi connectivity index (χ0) is 14.6. The fourth-order valence-corrected chi connectivity index (χ4v) is 2.62. The lowest BCUT2D eigenvalue weighted by Gasteiger charge is -2.24. The average Bonchev–Trinajstić information content (AvgIpc) is 2.70. The zero-order valence-electron chi connectivity index (χ0n) is 11.6. The molecule has 19 heavy (non-hydrogen) atoms. The van der Waals surface area contributed by atoms with Gasteiger partial charge in [0, 0.05) is 19.4 Å². The molecule has 1 aliphatic rings. The van der Waals surface area contributed by atoms with E-state index in [1.54, 1.807) is 0 Å². The number of hydrogen-bond donors (Lipinski definition) is 3. The Labute approximate surface area is 113 Å². The van der Waals surface area contributed by atoms with Crippen LogP contribution < -0.4 is 5.73 Å². The van der Waals surface area contributed by atoms with E-state index in [9.17, 15) is 14.7 Å². The molecule has 3 atom stereocenters. The molecule has 0 radical (unpaired) electrons. The second-order valence-corrected chi connectivity index (χ2v) is 5.73. The predicted molar refractivity (Wildman–Crippen MR) is 70.4 cm³/mol. The molecular formula is C13H24N2O4. The fourth-order valence-electron chi connectivity index (χ4n) is 2.62. The Morgan fingerprint density at radius 1 is 1.42 bits per heavy atom. The number of carboxylic acid groups (broad SMARTS) is 1. The van der Waals surface area contributed by atoms with Crippen molar-refractivity contribution >= 4 is 11.9 Å². The highest BCUT2D eigenvalue weighted by Gasteiger charge is 2.39. The minimum Gasteiger partial charge on any atom is -0.480 e. The molecule has 1 heterocycles. The van der Waals surface area contributed by atoms with Crippen molar-refractivity contribution < 1.29 is 19.8 Å². The number of carbonyl (C=O) groups excluding carboxylic acids is 1. The number of carbonyl (C=O) groups is 2. The lowest BCUT2D eigenvalue weighted by Crippen LogP contribution is -2.41. The third-order valence-corrected chi connectivity index (χ3v) is 3.49. The van der Waals surface area contributed by atoms with Crippen LogP contribution in [0.15, 0.2) is 0 Å². The van der Waals surface area contributed by atoms with Crippen molar-refractivity contribution in [2.24, 2.45) is 17.6 Å². The van der Waals surface area contributed by atoms with E-state index in [1.807, 2.05) is 0 Å². The number of likely N-dealkylation sites (tertiary alicyclic amines) is 1. The van der Waals surface area contributed by atoms with Gasteiger partial charge in [-0.1, -0.05) is 13.8 Å². The van der Waals surface area contributed by atoms with Gasteiger partial charge in [-0.2, -0.15) is 0 Å². The van der Waals surface area contributed by atoms with E-state index in [0.717, 1.165) is 6.42 Å². The molecule has 0 saturated carbocycles. The van der Waals surface area contributed by atoms with E-state index in [0.29, 0.717) is 12.5 Å². The van der Waals surface area contributed by atoms with Crippen molar-refractivity contribution in [3.8, 4) is 0 Å². The third kappa shape index (κ3) is 4.47. The van der Waals surface area contributed by atoms with Crippen LogP contribution in [0.1, 0.15) is 33.1 Å². The molecule has 0 aliphatic carbocycles. The van der Waals surface area contributed by atoms with Crippen molar-refractivity contribution in [1.29, 1.82) is 0 Å². The van der Waals surface area contributed by atoms with Gasteiger partial charge >= 0.3 is 5.97 Å². The fraction of sp³-hybridized carbons (Fsp3) is 0.846. The molecule has 0 bridgehead atoms. The monoisotopic (exact) mass is 272 g/mol. The summed E-state index contributed by atoms with van der Waals surface area (Å²) < 4.78 is 0. The lowest BCUT2D eigenvalue weighted by molar-refractivity contribution is -0.148. The van der Waals surface area contributed by atoms with Crippen LogP contribution in [0.3, 0.4) is 0 Å². The number of aliphatic hydroxyl groups excluding tert-OH is 1. The molecule has 110 valence electrons. The highest BCUT2D eigenvalue weighted by atomic mass is 16.4. The molecule has 0 aromatic heterocycles. The predicted octanol–water partition coefficient (Wildman–Crippen LogP) is 0.0439. The van der Waals surface area contributed by atoms with Crippen LogP contribution in [0.4, 0.5) is 0 Å². The van der Waals surface area contributed by atoms with Gasteiger partial charge in [-0.15, -0.1) is 0 Å². The Bertz CT molecular complexity index is 333. The van der Waals surface area contributed by atoms with E-state index < -0.39 is 18.1 Å². The standard InChI is InChI=1S/C13H24N2O4/c1-8(2)3-9(6-14)4-12(17)15-7-10(16)5-11(15)13(18)19/h8-11,16H,3-7,14H2,1-2H3,(H,18,19)/t9?,10-,11-/m1/s1. The van der Waals surface area contributed by atoms with Crippen LogP contribution in [0.5, 0.6) is 0 Å². The summed E-state index contributed by atoms with van der Waals surface area (Å²) in [5.41, 5.74) is 5.65. The van der Waals surface area contributed by atoms with Gasteiger partial charge in [0.1, 0.15) is 6.04 Å². The van der Waals surface area contributed by atoms with Gasteiger partial charge in [0.25, 0.3) is 0 Å². The average molecular weight is 272 g/mol. The summed E-state index contributed by atoms with van der Waals surface area (Å²) in [4.78, 5) is 24.5. The SMILES string of the molecule is CC(C)CC(CN)CC(=O)N1C[C@H](O)C[C@@H]1C(=O)O. The summed E-state index contributed by atoms with van der Waals surface area (Å²) in [5, 5.41) is 18.6.